The molecule has 0 radical (unpaired) electrons. The molecule has 29 heavy (non-hydrogen) atoms. The summed E-state index contributed by atoms with van der Waals surface area (Å²) in [6, 6.07) is 17.4. The van der Waals surface area contributed by atoms with Crippen molar-refractivity contribution in [1.29, 1.82) is 0 Å². The van der Waals surface area contributed by atoms with Crippen molar-refractivity contribution >= 4 is 29.4 Å². The third-order valence-corrected chi connectivity index (χ3v) is 4.71. The number of benzene rings is 2. The van der Waals surface area contributed by atoms with E-state index in [1.54, 1.807) is 25.3 Å². The molecule has 1 N–H and O–H groups in total. The summed E-state index contributed by atoms with van der Waals surface area (Å²) in [5, 5.41) is 6.64. The third-order valence-electron chi connectivity index (χ3n) is 4.71. The van der Waals surface area contributed by atoms with Gasteiger partial charge in [-0.25, -0.2) is 0 Å². The molecular weight excluding hydrogens is 368 g/mol. The Kier molecular flexibility index (Phi) is 6.84. The molecule has 3 rings (SSSR count). The minimum atomic E-state index is -0.645. The zero-order valence-electron chi connectivity index (χ0n) is 16.7. The number of oxime groups is 1. The molecule has 0 saturated carbocycles. The fourth-order valence-electron chi connectivity index (χ4n) is 3.16. The van der Waals surface area contributed by atoms with Crippen molar-refractivity contribution in [3.8, 4) is 0 Å². The molecule has 7 heteroatoms. The maximum atomic E-state index is 12.6. The number of amides is 2. The second-order valence-electron chi connectivity index (χ2n) is 6.93. The van der Waals surface area contributed by atoms with Crippen LogP contribution in [-0.4, -0.2) is 55.2 Å². The van der Waals surface area contributed by atoms with E-state index in [4.69, 9.17) is 4.84 Å². The number of hydrogen-bond acceptors (Lipinski definition) is 5. The quantitative estimate of drug-likeness (QED) is 0.604. The Balaban J connectivity index is 1.46. The van der Waals surface area contributed by atoms with Crippen LogP contribution in [0.3, 0.4) is 0 Å². The van der Waals surface area contributed by atoms with Gasteiger partial charge in [-0.15, -0.1) is 0 Å². The number of rotatable bonds is 6. The standard InChI is InChI=1S/C22H26N4O3/c1-17(29-23-16-19-8-10-20(11-9-19)24-18(2)27)22(28)26-14-12-25(13-15-26)21-6-4-3-5-7-21/h3-11,16-17H,12-15H2,1-2H3,(H,24,27). The number of carbonyl (C=O) groups excluding carboxylic acids is 2. The van der Waals surface area contributed by atoms with Crippen molar-refractivity contribution < 1.29 is 14.4 Å². The van der Waals surface area contributed by atoms with E-state index in [9.17, 15) is 9.59 Å². The topological polar surface area (TPSA) is 74.2 Å². The summed E-state index contributed by atoms with van der Waals surface area (Å²) < 4.78 is 0. The molecule has 1 unspecified atom stereocenters. The highest BCUT2D eigenvalue weighted by atomic mass is 16.6. The number of nitrogens with zero attached hydrogens (tertiary/aromatic N) is 3. The summed E-state index contributed by atoms with van der Waals surface area (Å²) in [6.07, 6.45) is 0.905. The molecule has 1 aliphatic heterocycles. The molecule has 152 valence electrons. The molecule has 1 saturated heterocycles. The van der Waals surface area contributed by atoms with Gasteiger partial charge in [0.1, 0.15) is 0 Å². The predicted molar refractivity (Wildman–Crippen MR) is 114 cm³/mol. The molecule has 1 fully saturated rings. The van der Waals surface area contributed by atoms with Crippen molar-refractivity contribution in [3.63, 3.8) is 0 Å². The summed E-state index contributed by atoms with van der Waals surface area (Å²) in [5.74, 6) is -0.178. The largest absolute Gasteiger partial charge is 0.383 e. The molecule has 2 aromatic carbocycles. The number of carbonyl (C=O) groups is 2. The molecule has 1 aliphatic rings. The molecule has 0 bridgehead atoms. The van der Waals surface area contributed by atoms with Crippen LogP contribution >= 0.6 is 0 Å². The molecule has 0 aromatic heterocycles. The third kappa shape index (κ3) is 5.81. The van der Waals surface area contributed by atoms with Crippen LogP contribution in [-0.2, 0) is 14.4 Å². The summed E-state index contributed by atoms with van der Waals surface area (Å²) in [6.45, 7) is 6.09. The van der Waals surface area contributed by atoms with Gasteiger partial charge in [0.05, 0.1) is 6.21 Å². The van der Waals surface area contributed by atoms with Crippen LogP contribution in [0.15, 0.2) is 59.8 Å². The van der Waals surface area contributed by atoms with E-state index in [0.29, 0.717) is 18.8 Å². The Morgan fingerprint density at radius 2 is 1.69 bits per heavy atom. The highest BCUT2D eigenvalue weighted by Gasteiger charge is 2.26. The van der Waals surface area contributed by atoms with Crippen LogP contribution in [0.4, 0.5) is 11.4 Å². The normalized spacial score (nSPS) is 15.2. The van der Waals surface area contributed by atoms with Crippen LogP contribution < -0.4 is 10.2 Å². The smallest absolute Gasteiger partial charge is 0.266 e. The zero-order valence-corrected chi connectivity index (χ0v) is 16.7. The first-order valence-electron chi connectivity index (χ1n) is 9.68. The highest BCUT2D eigenvalue weighted by molar-refractivity contribution is 5.89. The Morgan fingerprint density at radius 3 is 2.31 bits per heavy atom. The lowest BCUT2D eigenvalue weighted by atomic mass is 10.2. The average molecular weight is 394 g/mol. The maximum Gasteiger partial charge on any atom is 0.266 e. The summed E-state index contributed by atoms with van der Waals surface area (Å²) in [7, 11) is 0. The fraction of sp³-hybridized carbons (Fsp3) is 0.318. The lowest BCUT2D eigenvalue weighted by Crippen LogP contribution is -2.51. The predicted octanol–water partition coefficient (Wildman–Crippen LogP) is 2.73. The molecule has 2 aromatic rings. The zero-order chi connectivity index (χ0) is 20.6. The van der Waals surface area contributed by atoms with Gasteiger partial charge in [-0.3, -0.25) is 9.59 Å². The van der Waals surface area contributed by atoms with Crippen LogP contribution in [0.2, 0.25) is 0 Å². The van der Waals surface area contributed by atoms with Crippen molar-refractivity contribution in [2.24, 2.45) is 5.16 Å². The highest BCUT2D eigenvalue weighted by Crippen LogP contribution is 2.16. The number of anilines is 2. The fourth-order valence-corrected chi connectivity index (χ4v) is 3.16. The van der Waals surface area contributed by atoms with Gasteiger partial charge in [-0.2, -0.15) is 0 Å². The Labute approximate surface area is 170 Å². The molecule has 2 amide bonds. The summed E-state index contributed by atoms with van der Waals surface area (Å²) in [4.78, 5) is 33.1. The number of hydrogen-bond donors (Lipinski definition) is 1. The van der Waals surface area contributed by atoms with E-state index in [2.05, 4.69) is 27.5 Å². The molecule has 1 atom stereocenters. The molecule has 0 aliphatic carbocycles. The number of nitrogens with one attached hydrogen (secondary N) is 1. The summed E-state index contributed by atoms with van der Waals surface area (Å²) in [5.41, 5.74) is 2.71. The van der Waals surface area contributed by atoms with E-state index < -0.39 is 6.10 Å². The first kappa shape index (κ1) is 20.4. The second kappa shape index (κ2) is 9.73. The SMILES string of the molecule is CC(=O)Nc1ccc(C=NOC(C)C(=O)N2CCN(c3ccccc3)CC2)cc1. The first-order valence-corrected chi connectivity index (χ1v) is 9.68. The van der Waals surface area contributed by atoms with Crippen LogP contribution in [0, 0.1) is 0 Å². The van der Waals surface area contributed by atoms with E-state index >= 15 is 0 Å². The Bertz CT molecular complexity index is 844. The lowest BCUT2D eigenvalue weighted by molar-refractivity contribution is -0.142. The van der Waals surface area contributed by atoms with Crippen LogP contribution in [0.1, 0.15) is 19.4 Å². The van der Waals surface area contributed by atoms with Crippen molar-refractivity contribution in [2.45, 2.75) is 20.0 Å². The average Bonchev–Trinajstić information content (AvgIpc) is 2.75. The van der Waals surface area contributed by atoms with Gasteiger partial charge >= 0.3 is 0 Å². The van der Waals surface area contributed by atoms with E-state index in [-0.39, 0.29) is 11.8 Å². The van der Waals surface area contributed by atoms with E-state index in [1.165, 1.54) is 12.6 Å². The van der Waals surface area contributed by atoms with Crippen LogP contribution in [0.25, 0.3) is 0 Å². The maximum absolute atomic E-state index is 12.6. The monoisotopic (exact) mass is 394 g/mol. The van der Waals surface area contributed by atoms with Gasteiger partial charge in [-0.1, -0.05) is 35.5 Å². The van der Waals surface area contributed by atoms with Crippen molar-refractivity contribution in [2.75, 3.05) is 36.4 Å². The van der Waals surface area contributed by atoms with E-state index in [0.717, 1.165) is 18.7 Å². The summed E-state index contributed by atoms with van der Waals surface area (Å²) >= 11 is 0. The van der Waals surface area contributed by atoms with Crippen molar-refractivity contribution in [1.82, 2.24) is 4.90 Å². The first-order chi connectivity index (χ1) is 14.0. The van der Waals surface area contributed by atoms with Gasteiger partial charge in [0, 0.05) is 44.5 Å². The minimum Gasteiger partial charge on any atom is -0.383 e. The molecular formula is C22H26N4O3. The molecule has 0 spiro atoms. The van der Waals surface area contributed by atoms with Gasteiger partial charge in [-0.05, 0) is 36.8 Å². The van der Waals surface area contributed by atoms with Gasteiger partial charge in [0.15, 0.2) is 0 Å². The lowest BCUT2D eigenvalue weighted by Gasteiger charge is -2.36. The van der Waals surface area contributed by atoms with Gasteiger partial charge < -0.3 is 20.0 Å². The van der Waals surface area contributed by atoms with Crippen molar-refractivity contribution in [3.05, 3.63) is 60.2 Å². The minimum absolute atomic E-state index is 0.0594. The molecule has 1 heterocycles. The van der Waals surface area contributed by atoms with Crippen LogP contribution in [0.5, 0.6) is 0 Å². The second-order valence-corrected chi connectivity index (χ2v) is 6.93. The Hall–Kier alpha value is -3.35. The van der Waals surface area contributed by atoms with Gasteiger partial charge in [0.25, 0.3) is 5.91 Å². The van der Waals surface area contributed by atoms with E-state index in [1.807, 2.05) is 35.2 Å². The Morgan fingerprint density at radius 1 is 1.03 bits per heavy atom. The number of piperazine rings is 1. The molecule has 7 nitrogen and oxygen atoms in total. The van der Waals surface area contributed by atoms with Gasteiger partial charge in [0.2, 0.25) is 12.0 Å². The number of para-hydroxylation sites is 1.